The number of hydrogen-bond donors (Lipinski definition) is 1. The van der Waals surface area contributed by atoms with Crippen LogP contribution in [0.15, 0.2) is 12.7 Å². The second-order valence-corrected chi connectivity index (χ2v) is 7.11. The summed E-state index contributed by atoms with van der Waals surface area (Å²) >= 11 is 0. The number of rotatable bonds is 29. The van der Waals surface area contributed by atoms with Crippen LogP contribution in [-0.4, -0.2) is 135 Å². The largest absolute Gasteiger partial charge is 0.476 e. The summed E-state index contributed by atoms with van der Waals surface area (Å²) in [5.74, 6) is -3.72. The maximum absolute atomic E-state index is 11.3. The van der Waals surface area contributed by atoms with Crippen molar-refractivity contribution in [1.29, 1.82) is 0 Å². The van der Waals surface area contributed by atoms with Gasteiger partial charge in [0.15, 0.2) is 0 Å². The summed E-state index contributed by atoms with van der Waals surface area (Å²) in [6.07, 6.45) is 0.434. The highest BCUT2D eigenvalue weighted by molar-refractivity contribution is 6.32. The zero-order valence-electron chi connectivity index (χ0n) is 21.8. The van der Waals surface area contributed by atoms with Gasteiger partial charge in [-0.1, -0.05) is 6.58 Å². The van der Waals surface area contributed by atoms with Crippen molar-refractivity contribution in [3.05, 3.63) is 12.7 Å². The number of carbonyl (C=O) groups is 4. The van der Waals surface area contributed by atoms with E-state index in [0.717, 1.165) is 6.08 Å². The first-order valence-corrected chi connectivity index (χ1v) is 12.2. The van der Waals surface area contributed by atoms with Crippen molar-refractivity contribution in [2.75, 3.05) is 106 Å². The van der Waals surface area contributed by atoms with Crippen LogP contribution in [0.4, 0.5) is 0 Å². The molecule has 0 atom stereocenters. The molecule has 0 aliphatic heterocycles. The van der Waals surface area contributed by atoms with E-state index in [1.165, 1.54) is 0 Å². The van der Waals surface area contributed by atoms with Crippen molar-refractivity contribution in [3.63, 3.8) is 0 Å². The fourth-order valence-electron chi connectivity index (χ4n) is 2.29. The van der Waals surface area contributed by atoms with Gasteiger partial charge in [0.25, 0.3) is 0 Å². The lowest BCUT2D eigenvalue weighted by molar-refractivity contribution is -0.151. The molecule has 0 saturated carbocycles. The average Bonchev–Trinajstić information content (AvgIpc) is 2.91. The van der Waals surface area contributed by atoms with Crippen LogP contribution in [0.5, 0.6) is 0 Å². The van der Waals surface area contributed by atoms with Gasteiger partial charge in [0, 0.05) is 12.5 Å². The number of Topliss-reactive ketones (excluding diaryl/α,β-unsaturated/α-hetero) is 1. The monoisotopic (exact) mass is 552 g/mol. The summed E-state index contributed by atoms with van der Waals surface area (Å²) in [5, 5.41) is 8.41. The van der Waals surface area contributed by atoms with Gasteiger partial charge in [0.2, 0.25) is 5.78 Å². The Morgan fingerprint density at radius 2 is 0.816 bits per heavy atom. The number of ether oxygens (including phenoxy) is 9. The number of carboxylic acid groups (broad SMARTS) is 1. The minimum Gasteiger partial charge on any atom is -0.476 e. The Bertz CT molecular complexity index is 640. The highest BCUT2D eigenvalue weighted by Gasteiger charge is 2.14. The van der Waals surface area contributed by atoms with Gasteiger partial charge in [-0.25, -0.2) is 9.59 Å². The zero-order valence-corrected chi connectivity index (χ0v) is 21.8. The molecule has 0 bridgehead atoms. The van der Waals surface area contributed by atoms with Crippen molar-refractivity contribution >= 4 is 23.7 Å². The molecule has 0 aliphatic carbocycles. The maximum atomic E-state index is 11.3. The summed E-state index contributed by atoms with van der Waals surface area (Å²) in [4.78, 5) is 43.3. The summed E-state index contributed by atoms with van der Waals surface area (Å²) in [5.41, 5.74) is 0. The van der Waals surface area contributed by atoms with Crippen LogP contribution in [0.1, 0.15) is 12.8 Å². The smallest absolute Gasteiger partial charge is 0.372 e. The third kappa shape index (κ3) is 26.6. The Hall–Kier alpha value is -2.46. The molecule has 0 aromatic rings. The summed E-state index contributed by atoms with van der Waals surface area (Å²) in [7, 11) is 0. The first-order valence-electron chi connectivity index (χ1n) is 12.2. The van der Waals surface area contributed by atoms with Crippen LogP contribution < -0.4 is 0 Å². The van der Waals surface area contributed by atoms with E-state index in [1.54, 1.807) is 0 Å². The number of carbonyl (C=O) groups excluding carboxylic acids is 3. The quantitative estimate of drug-likeness (QED) is 0.0560. The molecule has 0 aromatic heterocycles. The highest BCUT2D eigenvalue weighted by Crippen LogP contribution is 1.95. The molecule has 0 saturated heterocycles. The van der Waals surface area contributed by atoms with E-state index in [1.807, 2.05) is 0 Å². The Morgan fingerprint density at radius 1 is 0.500 bits per heavy atom. The minimum absolute atomic E-state index is 0.0106. The SMILES string of the molecule is C=CC(=O)OCCOCCOCCOCCOCCOCCOCCOCCOC(=O)CCC(=O)C(=O)O. The van der Waals surface area contributed by atoms with Gasteiger partial charge in [-0.05, 0) is 0 Å². The summed E-state index contributed by atoms with van der Waals surface area (Å²) < 4.78 is 46.8. The van der Waals surface area contributed by atoms with Crippen LogP contribution in [0.2, 0.25) is 0 Å². The molecule has 1 N–H and O–H groups in total. The Kier molecular flexibility index (Phi) is 25.8. The lowest BCUT2D eigenvalue weighted by atomic mass is 10.2. The van der Waals surface area contributed by atoms with Crippen LogP contribution >= 0.6 is 0 Å². The fraction of sp³-hybridized carbons (Fsp3) is 0.750. The fourth-order valence-corrected chi connectivity index (χ4v) is 2.29. The minimum atomic E-state index is -1.57. The van der Waals surface area contributed by atoms with Gasteiger partial charge < -0.3 is 47.7 Å². The molecule has 14 heteroatoms. The average molecular weight is 553 g/mol. The standard InChI is InChI=1S/C24H40O14/c1-2-22(26)37-19-17-35-15-13-33-11-9-31-7-5-30-6-8-32-10-12-34-14-16-36-18-20-38-23(27)4-3-21(25)24(28)29/h2H,1,3-20H2,(H,28,29). The Balaban J connectivity index is 3.16. The third-order valence-corrected chi connectivity index (χ3v) is 4.16. The van der Waals surface area contributed by atoms with Gasteiger partial charge in [-0.15, -0.1) is 0 Å². The molecule has 0 rings (SSSR count). The topological polar surface area (TPSA) is 172 Å². The van der Waals surface area contributed by atoms with Crippen molar-refractivity contribution in [2.45, 2.75) is 12.8 Å². The van der Waals surface area contributed by atoms with E-state index >= 15 is 0 Å². The van der Waals surface area contributed by atoms with Crippen molar-refractivity contribution in [1.82, 2.24) is 0 Å². The van der Waals surface area contributed by atoms with Crippen LogP contribution in [0, 0.1) is 0 Å². The molecular formula is C24H40O14. The number of ketones is 1. The second kappa shape index (κ2) is 27.6. The first-order chi connectivity index (χ1) is 18.5. The van der Waals surface area contributed by atoms with Gasteiger partial charge in [0.1, 0.15) is 13.2 Å². The first kappa shape index (κ1) is 35.5. The molecular weight excluding hydrogens is 512 g/mol. The molecule has 38 heavy (non-hydrogen) atoms. The van der Waals surface area contributed by atoms with Gasteiger partial charge in [-0.3, -0.25) is 9.59 Å². The van der Waals surface area contributed by atoms with Crippen LogP contribution in [-0.2, 0) is 61.8 Å². The molecule has 220 valence electrons. The molecule has 0 aliphatic rings. The van der Waals surface area contributed by atoms with E-state index < -0.39 is 23.7 Å². The molecule has 0 aromatic carbocycles. The number of hydrogen-bond acceptors (Lipinski definition) is 13. The van der Waals surface area contributed by atoms with Crippen molar-refractivity contribution in [3.8, 4) is 0 Å². The number of carboxylic acids is 1. The normalized spacial score (nSPS) is 10.7. The van der Waals surface area contributed by atoms with Crippen molar-refractivity contribution in [2.24, 2.45) is 0 Å². The maximum Gasteiger partial charge on any atom is 0.372 e. The molecule has 14 nitrogen and oxygen atoms in total. The number of esters is 2. The Morgan fingerprint density at radius 3 is 1.13 bits per heavy atom. The molecule has 0 fully saturated rings. The third-order valence-electron chi connectivity index (χ3n) is 4.16. The van der Waals surface area contributed by atoms with Crippen molar-refractivity contribution < 1.29 is 66.9 Å². The molecule has 0 unspecified atom stereocenters. The zero-order chi connectivity index (χ0) is 28.1. The molecule has 0 heterocycles. The van der Waals surface area contributed by atoms with E-state index in [4.69, 9.17) is 47.7 Å². The molecule has 0 amide bonds. The van der Waals surface area contributed by atoms with Crippen LogP contribution in [0.25, 0.3) is 0 Å². The predicted molar refractivity (Wildman–Crippen MR) is 130 cm³/mol. The van der Waals surface area contributed by atoms with Gasteiger partial charge in [-0.2, -0.15) is 0 Å². The second-order valence-electron chi connectivity index (χ2n) is 7.11. The van der Waals surface area contributed by atoms with Gasteiger partial charge in [0.05, 0.1) is 98.9 Å². The van der Waals surface area contributed by atoms with E-state index in [0.29, 0.717) is 85.9 Å². The lowest BCUT2D eigenvalue weighted by Gasteiger charge is -2.08. The lowest BCUT2D eigenvalue weighted by Crippen LogP contribution is -2.17. The molecule has 0 spiro atoms. The summed E-state index contributed by atoms with van der Waals surface area (Å²) in [6.45, 7) is 8.88. The van der Waals surface area contributed by atoms with E-state index in [2.05, 4.69) is 6.58 Å². The Labute approximate surface area is 222 Å². The predicted octanol–water partition coefficient (Wildman–Crippen LogP) is -0.191. The van der Waals surface area contributed by atoms with E-state index in [9.17, 15) is 19.2 Å². The van der Waals surface area contributed by atoms with Gasteiger partial charge >= 0.3 is 17.9 Å². The molecule has 0 radical (unpaired) electrons. The number of aliphatic carboxylic acids is 1. The van der Waals surface area contributed by atoms with E-state index in [-0.39, 0.29) is 32.7 Å². The highest BCUT2D eigenvalue weighted by atomic mass is 16.6. The summed E-state index contributed by atoms with van der Waals surface area (Å²) in [6, 6.07) is 0. The van der Waals surface area contributed by atoms with Crippen LogP contribution in [0.3, 0.4) is 0 Å².